The van der Waals surface area contributed by atoms with Crippen LogP contribution in [0.15, 0.2) is 33.1 Å². The lowest BCUT2D eigenvalue weighted by Gasteiger charge is -1.86. The van der Waals surface area contributed by atoms with Crippen molar-refractivity contribution in [3.63, 3.8) is 0 Å². The SMILES string of the molecule is CC(=O)c1ccc(C=O)o1.CCc1ccc(CO)o1. The molecule has 1 N–H and O–H groups in total. The van der Waals surface area contributed by atoms with Gasteiger partial charge >= 0.3 is 0 Å². The number of hydrogen-bond acceptors (Lipinski definition) is 5. The van der Waals surface area contributed by atoms with Gasteiger partial charge in [0.1, 0.15) is 18.1 Å². The highest BCUT2D eigenvalue weighted by atomic mass is 16.4. The molecule has 2 aromatic heterocycles. The molecule has 0 aromatic carbocycles. The number of ketones is 1. The fourth-order valence-electron chi connectivity index (χ4n) is 1.30. The van der Waals surface area contributed by atoms with Crippen molar-refractivity contribution in [3.8, 4) is 0 Å². The number of rotatable bonds is 4. The van der Waals surface area contributed by atoms with E-state index in [0.29, 0.717) is 12.0 Å². The first-order valence-electron chi connectivity index (χ1n) is 5.85. The van der Waals surface area contributed by atoms with Crippen molar-refractivity contribution in [2.75, 3.05) is 0 Å². The van der Waals surface area contributed by atoms with Crippen molar-refractivity contribution >= 4 is 12.1 Å². The number of aliphatic hydroxyl groups excluding tert-OH is 1. The second-order valence-electron chi connectivity index (χ2n) is 3.76. The van der Waals surface area contributed by atoms with Crippen LogP contribution in [0.25, 0.3) is 0 Å². The fourth-order valence-corrected chi connectivity index (χ4v) is 1.30. The smallest absolute Gasteiger partial charge is 0.194 e. The molecule has 0 bridgehead atoms. The lowest BCUT2D eigenvalue weighted by molar-refractivity contribution is 0.0983. The fraction of sp³-hybridized carbons (Fsp3) is 0.286. The van der Waals surface area contributed by atoms with E-state index in [1.165, 1.54) is 19.1 Å². The van der Waals surface area contributed by atoms with Gasteiger partial charge < -0.3 is 13.9 Å². The maximum absolute atomic E-state index is 10.6. The van der Waals surface area contributed by atoms with Crippen molar-refractivity contribution in [2.24, 2.45) is 0 Å². The molecule has 0 aliphatic heterocycles. The predicted molar refractivity (Wildman–Crippen MR) is 68.1 cm³/mol. The van der Waals surface area contributed by atoms with Gasteiger partial charge in [0, 0.05) is 13.3 Å². The van der Waals surface area contributed by atoms with Crippen LogP contribution in [0.2, 0.25) is 0 Å². The molecule has 5 heteroatoms. The second-order valence-corrected chi connectivity index (χ2v) is 3.76. The molecule has 5 nitrogen and oxygen atoms in total. The zero-order valence-corrected chi connectivity index (χ0v) is 10.9. The van der Waals surface area contributed by atoms with E-state index in [-0.39, 0.29) is 23.9 Å². The second kappa shape index (κ2) is 7.33. The molecule has 0 saturated heterocycles. The molecule has 102 valence electrons. The van der Waals surface area contributed by atoms with Gasteiger partial charge in [0.15, 0.2) is 23.6 Å². The Balaban J connectivity index is 0.000000191. The van der Waals surface area contributed by atoms with Crippen LogP contribution in [0.4, 0.5) is 0 Å². The monoisotopic (exact) mass is 264 g/mol. The minimum absolute atomic E-state index is 0. The highest BCUT2D eigenvalue weighted by molar-refractivity contribution is 5.92. The van der Waals surface area contributed by atoms with E-state index in [9.17, 15) is 9.59 Å². The van der Waals surface area contributed by atoms with E-state index in [1.807, 2.05) is 13.0 Å². The van der Waals surface area contributed by atoms with Gasteiger partial charge in [-0.05, 0) is 24.3 Å². The summed E-state index contributed by atoms with van der Waals surface area (Å²) in [4.78, 5) is 20.6. The molecule has 2 heterocycles. The standard InChI is InChI=1S/C7H6O3.C7H10O2/c1-5(9)7-3-2-6(4-8)10-7;1-2-6-3-4-7(5-8)9-6/h2-4H,1H3;3-4,8H,2,5H2,1H3. The van der Waals surface area contributed by atoms with Crippen molar-refractivity contribution in [1.82, 2.24) is 0 Å². The lowest BCUT2D eigenvalue weighted by atomic mass is 10.3. The van der Waals surface area contributed by atoms with Crippen molar-refractivity contribution in [2.45, 2.75) is 26.9 Å². The van der Waals surface area contributed by atoms with Crippen LogP contribution in [0.5, 0.6) is 0 Å². The number of carbonyl (C=O) groups is 2. The quantitative estimate of drug-likeness (QED) is 0.678. The Bertz CT molecular complexity index is 517. The Kier molecular flexibility index (Phi) is 5.75. The lowest BCUT2D eigenvalue weighted by Crippen LogP contribution is -1.86. The Labute approximate surface area is 110 Å². The van der Waals surface area contributed by atoms with Crippen LogP contribution in [0, 0.1) is 0 Å². The van der Waals surface area contributed by atoms with Gasteiger partial charge in [-0.15, -0.1) is 0 Å². The summed E-state index contributed by atoms with van der Waals surface area (Å²) in [6.45, 7) is 3.40. The molecule has 19 heavy (non-hydrogen) atoms. The van der Waals surface area contributed by atoms with Gasteiger partial charge in [0.2, 0.25) is 0 Å². The van der Waals surface area contributed by atoms with E-state index in [2.05, 4.69) is 0 Å². The molecule has 0 unspecified atom stereocenters. The summed E-state index contributed by atoms with van der Waals surface area (Å²) in [6.07, 6.45) is 1.45. The minimum Gasteiger partial charge on any atom is -0.464 e. The number of aliphatic hydroxyl groups is 1. The highest BCUT2D eigenvalue weighted by Gasteiger charge is 2.03. The number of furan rings is 2. The number of hydrogen-bond donors (Lipinski definition) is 1. The summed E-state index contributed by atoms with van der Waals surface area (Å²) in [5.41, 5.74) is 0. The molecular weight excluding hydrogens is 248 g/mol. The van der Waals surface area contributed by atoms with Gasteiger partial charge in [-0.25, -0.2) is 0 Å². The maximum atomic E-state index is 10.6. The summed E-state index contributed by atoms with van der Waals surface area (Å²) in [5, 5.41) is 8.55. The van der Waals surface area contributed by atoms with Gasteiger partial charge in [0.25, 0.3) is 0 Å². The summed E-state index contributed by atoms with van der Waals surface area (Å²) in [5.74, 6) is 1.81. The zero-order chi connectivity index (χ0) is 14.3. The molecule has 2 rings (SSSR count). The van der Waals surface area contributed by atoms with Crippen LogP contribution < -0.4 is 0 Å². The van der Waals surface area contributed by atoms with Gasteiger partial charge in [0.05, 0.1) is 0 Å². The molecule has 0 aliphatic carbocycles. The number of carbonyl (C=O) groups excluding carboxylic acids is 2. The van der Waals surface area contributed by atoms with Crippen molar-refractivity contribution in [3.05, 3.63) is 47.3 Å². The summed E-state index contributed by atoms with van der Waals surface area (Å²) < 4.78 is 9.91. The topological polar surface area (TPSA) is 80.7 Å². The molecule has 0 radical (unpaired) electrons. The Hall–Kier alpha value is -2.14. The first kappa shape index (κ1) is 14.9. The third-order valence-corrected chi connectivity index (χ3v) is 2.31. The van der Waals surface area contributed by atoms with Crippen LogP contribution in [0.3, 0.4) is 0 Å². The summed E-state index contributed by atoms with van der Waals surface area (Å²) in [6, 6.07) is 6.61. The van der Waals surface area contributed by atoms with Crippen LogP contribution in [-0.2, 0) is 13.0 Å². The number of Topliss-reactive ketones (excluding diaryl/α,β-unsaturated/α-hetero) is 1. The van der Waals surface area contributed by atoms with Gasteiger partial charge in [-0.2, -0.15) is 0 Å². The Morgan fingerprint density at radius 3 is 2.21 bits per heavy atom. The van der Waals surface area contributed by atoms with Gasteiger partial charge in [-0.1, -0.05) is 6.92 Å². The average Bonchev–Trinajstić information content (AvgIpc) is 3.08. The normalized spacial score (nSPS) is 9.63. The van der Waals surface area contributed by atoms with Crippen LogP contribution in [-0.4, -0.2) is 17.2 Å². The average molecular weight is 264 g/mol. The first-order chi connectivity index (χ1) is 9.10. The molecular formula is C14H16O5. The van der Waals surface area contributed by atoms with Gasteiger partial charge in [-0.3, -0.25) is 9.59 Å². The van der Waals surface area contributed by atoms with Crippen molar-refractivity contribution < 1.29 is 23.5 Å². The Morgan fingerprint density at radius 2 is 1.89 bits per heavy atom. The molecule has 0 saturated carbocycles. The molecule has 0 aliphatic rings. The number of aldehydes is 1. The van der Waals surface area contributed by atoms with Crippen LogP contribution >= 0.6 is 0 Å². The van der Waals surface area contributed by atoms with E-state index in [1.54, 1.807) is 6.07 Å². The third kappa shape index (κ3) is 4.56. The third-order valence-electron chi connectivity index (χ3n) is 2.31. The minimum atomic E-state index is -0.173. The summed E-state index contributed by atoms with van der Waals surface area (Å²) in [7, 11) is 0. The molecule has 0 spiro atoms. The molecule has 2 aromatic rings. The highest BCUT2D eigenvalue weighted by Crippen LogP contribution is 2.07. The van der Waals surface area contributed by atoms with E-state index in [4.69, 9.17) is 13.9 Å². The number of aryl methyl sites for hydroxylation is 1. The van der Waals surface area contributed by atoms with E-state index in [0.717, 1.165) is 12.2 Å². The first-order valence-corrected chi connectivity index (χ1v) is 5.85. The predicted octanol–water partition coefficient (Wildman–Crippen LogP) is 2.63. The largest absolute Gasteiger partial charge is 0.464 e. The molecule has 0 atom stereocenters. The van der Waals surface area contributed by atoms with E-state index < -0.39 is 0 Å². The Morgan fingerprint density at radius 1 is 1.21 bits per heavy atom. The van der Waals surface area contributed by atoms with E-state index >= 15 is 0 Å². The van der Waals surface area contributed by atoms with Crippen LogP contribution in [0.1, 0.15) is 46.5 Å². The molecule has 0 amide bonds. The van der Waals surface area contributed by atoms with Crippen molar-refractivity contribution in [1.29, 1.82) is 0 Å². The molecule has 0 fully saturated rings. The zero-order valence-electron chi connectivity index (χ0n) is 10.9. The summed E-state index contributed by atoms with van der Waals surface area (Å²) >= 11 is 0. The maximum Gasteiger partial charge on any atom is 0.194 e.